The van der Waals surface area contributed by atoms with Crippen LogP contribution in [0.1, 0.15) is 27.7 Å². The average molecular weight is 381 g/mol. The number of anilines is 1. The van der Waals surface area contributed by atoms with Crippen LogP contribution in [0.4, 0.5) is 14.5 Å². The summed E-state index contributed by atoms with van der Waals surface area (Å²) in [6.45, 7) is 0. The molecule has 1 aliphatic rings. The lowest BCUT2D eigenvalue weighted by atomic mass is 10.0. The van der Waals surface area contributed by atoms with E-state index in [-0.39, 0.29) is 28.5 Å². The van der Waals surface area contributed by atoms with Gasteiger partial charge in [0.25, 0.3) is 5.91 Å². The third kappa shape index (κ3) is 3.21. The second kappa shape index (κ2) is 7.16. The molecule has 140 valence electrons. The summed E-state index contributed by atoms with van der Waals surface area (Å²) < 4.78 is 33.5. The lowest BCUT2D eigenvalue weighted by Gasteiger charge is -2.24. The zero-order valence-corrected chi connectivity index (χ0v) is 14.3. The highest BCUT2D eigenvalue weighted by Gasteiger charge is 2.26. The van der Waals surface area contributed by atoms with Crippen LogP contribution in [0.5, 0.6) is 5.75 Å². The first-order valence-corrected chi connectivity index (χ1v) is 8.27. The number of nitrogens with one attached hydrogen (secondary N) is 1. The molecule has 1 atom stereocenters. The topological polar surface area (TPSA) is 84.3 Å². The monoisotopic (exact) mass is 381 g/mol. The number of rotatable bonds is 3. The number of aromatic nitrogens is 2. The van der Waals surface area contributed by atoms with Crippen LogP contribution >= 0.6 is 0 Å². The molecule has 0 spiro atoms. The summed E-state index contributed by atoms with van der Waals surface area (Å²) in [6, 6.07) is 8.45. The fourth-order valence-corrected chi connectivity index (χ4v) is 2.82. The van der Waals surface area contributed by atoms with E-state index >= 15 is 0 Å². The highest BCUT2D eigenvalue weighted by atomic mass is 19.2. The third-order valence-corrected chi connectivity index (χ3v) is 4.15. The largest absolute Gasteiger partial charge is 0.454 e. The summed E-state index contributed by atoms with van der Waals surface area (Å²) >= 11 is 0. The molecule has 8 heteroatoms. The van der Waals surface area contributed by atoms with Crippen molar-refractivity contribution < 1.29 is 23.4 Å². The number of halogens is 2. The molecule has 1 amide bonds. The average Bonchev–Trinajstić information content (AvgIpc) is 2.71. The lowest BCUT2D eigenvalue weighted by molar-refractivity contribution is 0.102. The standard InChI is InChI=1S/C20H13F2N3O3/c21-13-5-1-4-12(18(13)22)17-9-16(26)11-3-2-6-14(19(11)28-17)25-20(27)15-10-23-7-8-24-15/h1-10,16,26H,(H,25,27). The second-order valence-corrected chi connectivity index (χ2v) is 5.95. The Labute approximate surface area is 158 Å². The fraction of sp³-hybridized carbons (Fsp3) is 0.0500. The fourth-order valence-electron chi connectivity index (χ4n) is 2.82. The predicted molar refractivity (Wildman–Crippen MR) is 96.3 cm³/mol. The number of hydrogen-bond donors (Lipinski definition) is 2. The van der Waals surface area contributed by atoms with Gasteiger partial charge in [-0.05, 0) is 24.3 Å². The van der Waals surface area contributed by atoms with Crippen LogP contribution in [0.2, 0.25) is 0 Å². The molecule has 0 saturated heterocycles. The highest BCUT2D eigenvalue weighted by molar-refractivity contribution is 6.03. The minimum atomic E-state index is -1.13. The molecular formula is C20H13F2N3O3. The van der Waals surface area contributed by atoms with Crippen LogP contribution in [0.3, 0.4) is 0 Å². The summed E-state index contributed by atoms with van der Waals surface area (Å²) in [6.07, 6.45) is 4.26. The Morgan fingerprint density at radius 3 is 2.75 bits per heavy atom. The molecule has 4 rings (SSSR count). The van der Waals surface area contributed by atoms with Crippen molar-refractivity contribution in [2.45, 2.75) is 6.10 Å². The summed E-state index contributed by atoms with van der Waals surface area (Å²) in [5, 5.41) is 13.1. The number of fused-ring (bicyclic) bond motifs is 1. The number of nitrogens with zero attached hydrogens (tertiary/aromatic N) is 2. The van der Waals surface area contributed by atoms with E-state index in [1.54, 1.807) is 18.2 Å². The van der Waals surface area contributed by atoms with Crippen LogP contribution in [-0.2, 0) is 0 Å². The third-order valence-electron chi connectivity index (χ3n) is 4.15. The zero-order chi connectivity index (χ0) is 19.7. The van der Waals surface area contributed by atoms with Crippen molar-refractivity contribution in [2.24, 2.45) is 0 Å². The summed E-state index contributed by atoms with van der Waals surface area (Å²) in [5.41, 5.74) is 0.565. The van der Waals surface area contributed by atoms with E-state index in [0.29, 0.717) is 5.56 Å². The van der Waals surface area contributed by atoms with E-state index in [1.807, 2.05) is 0 Å². The van der Waals surface area contributed by atoms with E-state index in [1.165, 1.54) is 36.8 Å². The van der Waals surface area contributed by atoms with Crippen molar-refractivity contribution in [3.05, 3.63) is 89.5 Å². The lowest BCUT2D eigenvalue weighted by Crippen LogP contribution is -2.17. The number of carbonyl (C=O) groups is 1. The first-order valence-electron chi connectivity index (χ1n) is 8.27. The molecule has 0 aliphatic carbocycles. The van der Waals surface area contributed by atoms with Gasteiger partial charge in [-0.15, -0.1) is 0 Å². The molecule has 1 aromatic heterocycles. The Morgan fingerprint density at radius 1 is 1.14 bits per heavy atom. The molecule has 0 fully saturated rings. The Bertz CT molecular complexity index is 1090. The Hall–Kier alpha value is -3.65. The van der Waals surface area contributed by atoms with E-state index in [4.69, 9.17) is 4.74 Å². The van der Waals surface area contributed by atoms with Gasteiger partial charge in [-0.3, -0.25) is 9.78 Å². The van der Waals surface area contributed by atoms with E-state index in [0.717, 1.165) is 6.07 Å². The number of benzene rings is 2. The van der Waals surface area contributed by atoms with Gasteiger partial charge in [0, 0.05) is 18.0 Å². The van der Waals surface area contributed by atoms with E-state index in [9.17, 15) is 18.7 Å². The second-order valence-electron chi connectivity index (χ2n) is 5.95. The smallest absolute Gasteiger partial charge is 0.275 e. The van der Waals surface area contributed by atoms with Crippen molar-refractivity contribution in [2.75, 3.05) is 5.32 Å². The molecule has 3 aromatic rings. The molecular weight excluding hydrogens is 368 g/mol. The van der Waals surface area contributed by atoms with Crippen LogP contribution < -0.4 is 10.1 Å². The van der Waals surface area contributed by atoms with Crippen LogP contribution in [-0.4, -0.2) is 21.0 Å². The van der Waals surface area contributed by atoms with Crippen molar-refractivity contribution in [1.29, 1.82) is 0 Å². The Kier molecular flexibility index (Phi) is 4.54. The molecule has 2 heterocycles. The molecule has 6 nitrogen and oxygen atoms in total. The van der Waals surface area contributed by atoms with Gasteiger partial charge in [0.2, 0.25) is 0 Å². The number of aliphatic hydroxyl groups excluding tert-OH is 1. The van der Waals surface area contributed by atoms with Gasteiger partial charge >= 0.3 is 0 Å². The molecule has 28 heavy (non-hydrogen) atoms. The number of amides is 1. The molecule has 2 aromatic carbocycles. The van der Waals surface area contributed by atoms with E-state index < -0.39 is 23.6 Å². The quantitative estimate of drug-likeness (QED) is 0.726. The SMILES string of the molecule is O=C(Nc1cccc2c1OC(c1cccc(F)c1F)=CC2O)c1cnccn1. The van der Waals surface area contributed by atoms with Gasteiger partial charge in [-0.25, -0.2) is 13.8 Å². The summed E-state index contributed by atoms with van der Waals surface area (Å²) in [4.78, 5) is 20.1. The zero-order valence-electron chi connectivity index (χ0n) is 14.3. The number of hydrogen-bond acceptors (Lipinski definition) is 5. The van der Waals surface area contributed by atoms with Crippen molar-refractivity contribution in [3.63, 3.8) is 0 Å². The molecule has 1 unspecified atom stereocenters. The number of carbonyl (C=O) groups excluding carboxylic acids is 1. The first-order chi connectivity index (χ1) is 13.5. The number of ether oxygens (including phenoxy) is 1. The van der Waals surface area contributed by atoms with Gasteiger partial charge in [0.1, 0.15) is 17.6 Å². The van der Waals surface area contributed by atoms with Gasteiger partial charge in [-0.2, -0.15) is 0 Å². The maximum atomic E-state index is 14.2. The minimum absolute atomic E-state index is 0.0572. The van der Waals surface area contributed by atoms with Gasteiger partial charge in [0.15, 0.2) is 17.4 Å². The number of para-hydroxylation sites is 1. The van der Waals surface area contributed by atoms with Crippen molar-refractivity contribution in [3.8, 4) is 5.75 Å². The van der Waals surface area contributed by atoms with Crippen LogP contribution in [0.15, 0.2) is 61.1 Å². The van der Waals surface area contributed by atoms with Gasteiger partial charge in [0.05, 0.1) is 17.4 Å². The van der Waals surface area contributed by atoms with Gasteiger partial charge in [-0.1, -0.05) is 18.2 Å². The van der Waals surface area contributed by atoms with Crippen LogP contribution in [0.25, 0.3) is 5.76 Å². The van der Waals surface area contributed by atoms with Crippen LogP contribution in [0, 0.1) is 11.6 Å². The molecule has 0 saturated carbocycles. The van der Waals surface area contributed by atoms with Gasteiger partial charge < -0.3 is 15.2 Å². The minimum Gasteiger partial charge on any atom is -0.454 e. The van der Waals surface area contributed by atoms with Crippen molar-refractivity contribution in [1.82, 2.24) is 9.97 Å². The normalized spacial score (nSPS) is 15.2. The first kappa shape index (κ1) is 17.7. The maximum absolute atomic E-state index is 14.2. The summed E-state index contributed by atoms with van der Waals surface area (Å²) in [5.74, 6) is -2.59. The molecule has 1 aliphatic heterocycles. The Balaban J connectivity index is 1.70. The van der Waals surface area contributed by atoms with E-state index in [2.05, 4.69) is 15.3 Å². The predicted octanol–water partition coefficient (Wildman–Crippen LogP) is 3.47. The summed E-state index contributed by atoms with van der Waals surface area (Å²) in [7, 11) is 0. The maximum Gasteiger partial charge on any atom is 0.275 e. The highest BCUT2D eigenvalue weighted by Crippen LogP contribution is 2.41. The van der Waals surface area contributed by atoms with Crippen molar-refractivity contribution >= 4 is 17.4 Å². The number of aliphatic hydroxyl groups is 1. The molecule has 0 radical (unpaired) electrons. The molecule has 2 N–H and O–H groups in total. The Morgan fingerprint density at radius 2 is 1.96 bits per heavy atom. The molecule has 0 bridgehead atoms.